The number of rotatable bonds is 5. The molecule has 4 aliphatic rings. The number of hydrogen-bond donors (Lipinski definition) is 1. The van der Waals surface area contributed by atoms with Crippen LogP contribution in [0.4, 0.5) is 0 Å². The van der Waals surface area contributed by atoms with Crippen LogP contribution in [-0.4, -0.2) is 10.9 Å². The lowest BCUT2D eigenvalue weighted by atomic mass is 9.46. The van der Waals surface area contributed by atoms with E-state index in [0.29, 0.717) is 10.8 Å². The van der Waals surface area contributed by atoms with Crippen molar-refractivity contribution in [3.63, 3.8) is 0 Å². The highest BCUT2D eigenvalue weighted by Gasteiger charge is 2.59. The molecule has 0 heterocycles. The van der Waals surface area contributed by atoms with Crippen LogP contribution in [0.15, 0.2) is 16.8 Å². The van der Waals surface area contributed by atoms with E-state index in [-0.39, 0.29) is 0 Å². The zero-order valence-corrected chi connectivity index (χ0v) is 19.7. The third-order valence-corrected chi connectivity index (χ3v) is 10.3. The van der Waals surface area contributed by atoms with Gasteiger partial charge >= 0.3 is 0 Å². The average molecular weight is 400 g/mol. The quantitative estimate of drug-likeness (QED) is 0.370. The van der Waals surface area contributed by atoms with Gasteiger partial charge in [0.2, 0.25) is 0 Å². The minimum absolute atomic E-state index is 0.361. The normalized spacial score (nSPS) is 44.2. The van der Waals surface area contributed by atoms with Gasteiger partial charge in [-0.3, -0.25) is 0 Å². The molecule has 164 valence electrons. The van der Waals surface area contributed by atoms with E-state index in [1.165, 1.54) is 64.2 Å². The summed E-state index contributed by atoms with van der Waals surface area (Å²) < 4.78 is 0. The van der Waals surface area contributed by atoms with Crippen LogP contribution < -0.4 is 0 Å². The van der Waals surface area contributed by atoms with E-state index in [2.05, 4.69) is 45.9 Å². The molecule has 3 saturated carbocycles. The topological polar surface area (TPSA) is 32.6 Å². The third-order valence-electron chi connectivity index (χ3n) is 10.3. The summed E-state index contributed by atoms with van der Waals surface area (Å²) in [6.45, 7) is 12.5. The Kier molecular flexibility index (Phi) is 5.95. The maximum absolute atomic E-state index is 9.27. The van der Waals surface area contributed by atoms with Crippen molar-refractivity contribution in [1.82, 2.24) is 0 Å². The fourth-order valence-electron chi connectivity index (χ4n) is 8.67. The summed E-state index contributed by atoms with van der Waals surface area (Å²) in [5.74, 6) is 5.43. The van der Waals surface area contributed by atoms with E-state index in [4.69, 9.17) is 0 Å². The molecule has 1 N–H and O–H groups in total. The van der Waals surface area contributed by atoms with Gasteiger partial charge in [-0.05, 0) is 104 Å². The Labute approximate surface area is 179 Å². The van der Waals surface area contributed by atoms with Gasteiger partial charge in [-0.1, -0.05) is 64.6 Å². The van der Waals surface area contributed by atoms with Gasteiger partial charge in [0.05, 0.1) is 5.71 Å². The second kappa shape index (κ2) is 8.04. The molecule has 0 spiro atoms. The molecule has 0 saturated heterocycles. The highest BCUT2D eigenvalue weighted by molar-refractivity contribution is 5.96. The van der Waals surface area contributed by atoms with Crippen LogP contribution in [0.2, 0.25) is 0 Å². The summed E-state index contributed by atoms with van der Waals surface area (Å²) in [6.07, 6.45) is 17.1. The smallest absolute Gasteiger partial charge is 0.0795 e. The highest BCUT2D eigenvalue weighted by Crippen LogP contribution is 2.67. The molecule has 0 aliphatic heterocycles. The van der Waals surface area contributed by atoms with Crippen LogP contribution in [0.5, 0.6) is 0 Å². The number of fused-ring (bicyclic) bond motifs is 5. The van der Waals surface area contributed by atoms with Gasteiger partial charge < -0.3 is 5.21 Å². The van der Waals surface area contributed by atoms with Crippen molar-refractivity contribution in [2.75, 3.05) is 0 Å². The number of allylic oxidation sites excluding steroid dienone is 2. The minimum Gasteiger partial charge on any atom is -0.411 e. The van der Waals surface area contributed by atoms with E-state index in [1.54, 1.807) is 5.57 Å². The first-order chi connectivity index (χ1) is 13.8. The summed E-state index contributed by atoms with van der Waals surface area (Å²) in [4.78, 5) is 0. The zero-order chi connectivity index (χ0) is 20.8. The third kappa shape index (κ3) is 3.61. The second-order valence-electron chi connectivity index (χ2n) is 12.1. The van der Waals surface area contributed by atoms with Gasteiger partial charge in [0.15, 0.2) is 0 Å². The van der Waals surface area contributed by atoms with Gasteiger partial charge in [-0.2, -0.15) is 0 Å². The summed E-state index contributed by atoms with van der Waals surface area (Å²) in [5, 5.41) is 12.8. The van der Waals surface area contributed by atoms with E-state index < -0.39 is 0 Å². The monoisotopic (exact) mass is 399 g/mol. The molecule has 0 unspecified atom stereocenters. The zero-order valence-electron chi connectivity index (χ0n) is 19.7. The first kappa shape index (κ1) is 21.4. The summed E-state index contributed by atoms with van der Waals surface area (Å²) >= 11 is 0. The molecule has 2 heteroatoms. The number of oxime groups is 1. The van der Waals surface area contributed by atoms with E-state index in [1.807, 2.05) is 0 Å². The van der Waals surface area contributed by atoms with Gasteiger partial charge in [-0.15, -0.1) is 0 Å². The number of nitrogens with zero attached hydrogens (tertiary/aromatic N) is 1. The van der Waals surface area contributed by atoms with Gasteiger partial charge in [0.25, 0.3) is 0 Å². The Morgan fingerprint density at radius 1 is 1.00 bits per heavy atom. The molecule has 0 amide bonds. The molecular weight excluding hydrogens is 354 g/mol. The molecule has 0 aromatic rings. The van der Waals surface area contributed by atoms with Gasteiger partial charge in [-0.25, -0.2) is 0 Å². The first-order valence-electron chi connectivity index (χ1n) is 12.7. The summed E-state index contributed by atoms with van der Waals surface area (Å²) in [7, 11) is 0. The van der Waals surface area contributed by atoms with Crippen LogP contribution in [0.25, 0.3) is 0 Å². The maximum Gasteiger partial charge on any atom is 0.0795 e. The van der Waals surface area contributed by atoms with Crippen molar-refractivity contribution < 1.29 is 5.21 Å². The Bertz CT molecular complexity index is 663. The Morgan fingerprint density at radius 2 is 1.79 bits per heavy atom. The van der Waals surface area contributed by atoms with Crippen LogP contribution in [0, 0.1) is 46.3 Å². The number of hydrogen-bond acceptors (Lipinski definition) is 2. The van der Waals surface area contributed by atoms with Crippen molar-refractivity contribution >= 4 is 5.71 Å². The van der Waals surface area contributed by atoms with Gasteiger partial charge in [0, 0.05) is 0 Å². The predicted octanol–water partition coefficient (Wildman–Crippen LogP) is 7.86. The fourth-order valence-corrected chi connectivity index (χ4v) is 8.67. The van der Waals surface area contributed by atoms with Crippen molar-refractivity contribution in [2.24, 2.45) is 51.5 Å². The Morgan fingerprint density at radius 3 is 2.52 bits per heavy atom. The van der Waals surface area contributed by atoms with E-state index in [0.717, 1.165) is 47.6 Å². The first-order valence-corrected chi connectivity index (χ1v) is 12.7. The molecule has 4 aliphatic carbocycles. The fraction of sp³-hybridized carbons (Fsp3) is 0.889. The average Bonchev–Trinajstić information content (AvgIpc) is 3.04. The van der Waals surface area contributed by atoms with E-state index >= 15 is 0 Å². The van der Waals surface area contributed by atoms with Crippen LogP contribution >= 0.6 is 0 Å². The standard InChI is InChI=1S/C27H45NO/c1-18(2)7-6-8-19(3)23-11-12-24-22-10-9-20-17-21(28-29)13-15-26(20,4)25(22)14-16-27(23,24)5/h17-19,22-25,29H,6-16H2,1-5H3/b28-21-/t19-,22+,23-,24+,25+,26-,27-/m0/s1. The molecule has 0 bridgehead atoms. The largest absolute Gasteiger partial charge is 0.411 e. The van der Waals surface area contributed by atoms with Crippen molar-refractivity contribution in [1.29, 1.82) is 0 Å². The van der Waals surface area contributed by atoms with Crippen LogP contribution in [-0.2, 0) is 0 Å². The predicted molar refractivity (Wildman–Crippen MR) is 122 cm³/mol. The van der Waals surface area contributed by atoms with Crippen LogP contribution in [0.3, 0.4) is 0 Å². The van der Waals surface area contributed by atoms with E-state index in [9.17, 15) is 5.21 Å². The summed E-state index contributed by atoms with van der Waals surface area (Å²) in [6, 6.07) is 0. The molecule has 4 rings (SSSR count). The minimum atomic E-state index is 0.361. The molecule has 3 fully saturated rings. The lowest BCUT2D eigenvalue weighted by Gasteiger charge is -2.58. The molecule has 29 heavy (non-hydrogen) atoms. The van der Waals surface area contributed by atoms with Crippen molar-refractivity contribution in [3.8, 4) is 0 Å². The van der Waals surface area contributed by atoms with Crippen molar-refractivity contribution in [3.05, 3.63) is 11.6 Å². The van der Waals surface area contributed by atoms with Gasteiger partial charge in [0.1, 0.15) is 0 Å². The summed E-state index contributed by atoms with van der Waals surface area (Å²) in [5.41, 5.74) is 3.45. The molecule has 0 radical (unpaired) electrons. The molecule has 0 aromatic carbocycles. The molecule has 2 nitrogen and oxygen atoms in total. The Hall–Kier alpha value is -0.790. The SMILES string of the molecule is CC(C)CCC[C@H](C)[C@@H]1CC[C@@H]2[C@H]3CCC4=C/C(=N\O)CC[C@]4(C)[C@@H]3CC[C@]21C. The molecule has 7 atom stereocenters. The molecule has 0 aromatic heterocycles. The molecular formula is C27H45NO. The Balaban J connectivity index is 1.49. The van der Waals surface area contributed by atoms with Crippen molar-refractivity contribution in [2.45, 2.75) is 105 Å². The lowest BCUT2D eigenvalue weighted by Crippen LogP contribution is -2.51. The maximum atomic E-state index is 9.27. The highest BCUT2D eigenvalue weighted by atomic mass is 16.4. The lowest BCUT2D eigenvalue weighted by molar-refractivity contribution is -0.0574. The van der Waals surface area contributed by atoms with Crippen LogP contribution in [0.1, 0.15) is 105 Å². The second-order valence-corrected chi connectivity index (χ2v) is 12.1.